The molecule has 126 valence electrons. The van der Waals surface area contributed by atoms with Crippen LogP contribution < -0.4 is 5.32 Å². The van der Waals surface area contributed by atoms with Crippen LogP contribution in [-0.2, 0) is 20.9 Å². The Kier molecular flexibility index (Phi) is 6.35. The van der Waals surface area contributed by atoms with Crippen molar-refractivity contribution in [1.82, 2.24) is 0 Å². The lowest BCUT2D eigenvalue weighted by Gasteiger charge is -2.14. The molecule has 1 amide bonds. The molecular weight excluding hydrogens is 330 g/mol. The average Bonchev–Trinajstić information content (AvgIpc) is 2.55. The van der Waals surface area contributed by atoms with Crippen LogP contribution in [0.2, 0.25) is 5.02 Å². The smallest absolute Gasteiger partial charge is 0.338 e. The molecule has 6 heteroatoms. The van der Waals surface area contributed by atoms with Crippen molar-refractivity contribution < 1.29 is 19.1 Å². The lowest BCUT2D eigenvalue weighted by atomic mass is 10.1. The standard InChI is InChI=1S/C18H18ClNO4/c1-12(17(21)20-16-5-3-4-15(19)10-16)24-18(22)14-8-6-13(7-9-14)11-23-2/h3-10,12H,11H2,1-2H3,(H,20,21)/t12-/m1/s1. The Morgan fingerprint density at radius 3 is 2.50 bits per heavy atom. The number of anilines is 1. The first kappa shape index (κ1) is 18.0. The second kappa shape index (κ2) is 8.47. The summed E-state index contributed by atoms with van der Waals surface area (Å²) in [4.78, 5) is 24.2. The number of nitrogens with one attached hydrogen (secondary N) is 1. The summed E-state index contributed by atoms with van der Waals surface area (Å²) in [6, 6.07) is 13.6. The van der Waals surface area contributed by atoms with Crippen LogP contribution in [0.4, 0.5) is 5.69 Å². The first-order valence-corrected chi connectivity index (χ1v) is 7.72. The highest BCUT2D eigenvalue weighted by atomic mass is 35.5. The summed E-state index contributed by atoms with van der Waals surface area (Å²) in [7, 11) is 1.60. The molecular formula is C18H18ClNO4. The zero-order valence-corrected chi connectivity index (χ0v) is 14.2. The van der Waals surface area contributed by atoms with Gasteiger partial charge in [-0.1, -0.05) is 29.8 Å². The van der Waals surface area contributed by atoms with Gasteiger partial charge in [0, 0.05) is 17.8 Å². The number of hydrogen-bond acceptors (Lipinski definition) is 4. The largest absolute Gasteiger partial charge is 0.449 e. The maximum absolute atomic E-state index is 12.1. The maximum Gasteiger partial charge on any atom is 0.338 e. The number of carbonyl (C=O) groups is 2. The molecule has 0 aliphatic rings. The highest BCUT2D eigenvalue weighted by Gasteiger charge is 2.19. The summed E-state index contributed by atoms with van der Waals surface area (Å²) in [5, 5.41) is 3.16. The highest BCUT2D eigenvalue weighted by molar-refractivity contribution is 6.30. The van der Waals surface area contributed by atoms with Crippen LogP contribution in [0.3, 0.4) is 0 Å². The van der Waals surface area contributed by atoms with Gasteiger partial charge in [0.05, 0.1) is 12.2 Å². The molecule has 0 aromatic heterocycles. The van der Waals surface area contributed by atoms with E-state index in [9.17, 15) is 9.59 Å². The van der Waals surface area contributed by atoms with Gasteiger partial charge in [0.25, 0.3) is 5.91 Å². The summed E-state index contributed by atoms with van der Waals surface area (Å²) >= 11 is 5.86. The average molecular weight is 348 g/mol. The Labute approximate surface area is 145 Å². The molecule has 0 saturated heterocycles. The zero-order valence-electron chi connectivity index (χ0n) is 13.4. The molecule has 2 aromatic rings. The van der Waals surface area contributed by atoms with Crippen LogP contribution in [0.5, 0.6) is 0 Å². The minimum absolute atomic E-state index is 0.372. The summed E-state index contributed by atoms with van der Waals surface area (Å²) in [5.74, 6) is -0.991. The second-order valence-electron chi connectivity index (χ2n) is 5.18. The quantitative estimate of drug-likeness (QED) is 0.810. The van der Waals surface area contributed by atoms with E-state index in [2.05, 4.69) is 5.32 Å². The first-order chi connectivity index (χ1) is 11.5. The van der Waals surface area contributed by atoms with Gasteiger partial charge in [-0.3, -0.25) is 4.79 Å². The van der Waals surface area contributed by atoms with Gasteiger partial charge < -0.3 is 14.8 Å². The van der Waals surface area contributed by atoms with E-state index in [1.165, 1.54) is 6.92 Å². The molecule has 0 saturated carbocycles. The first-order valence-electron chi connectivity index (χ1n) is 7.35. The Morgan fingerprint density at radius 1 is 1.17 bits per heavy atom. The van der Waals surface area contributed by atoms with E-state index < -0.39 is 18.0 Å². The Hall–Kier alpha value is -2.37. The van der Waals surface area contributed by atoms with Gasteiger partial charge in [-0.15, -0.1) is 0 Å². The fourth-order valence-electron chi connectivity index (χ4n) is 2.00. The van der Waals surface area contributed by atoms with E-state index in [4.69, 9.17) is 21.1 Å². The minimum atomic E-state index is -0.935. The molecule has 1 atom stereocenters. The van der Waals surface area contributed by atoms with Gasteiger partial charge in [0.2, 0.25) is 0 Å². The highest BCUT2D eigenvalue weighted by Crippen LogP contribution is 2.15. The number of amides is 1. The molecule has 0 radical (unpaired) electrons. The van der Waals surface area contributed by atoms with Crippen molar-refractivity contribution in [3.63, 3.8) is 0 Å². The van der Waals surface area contributed by atoms with Gasteiger partial charge in [-0.05, 0) is 42.8 Å². The van der Waals surface area contributed by atoms with Crippen molar-refractivity contribution in [1.29, 1.82) is 0 Å². The molecule has 0 unspecified atom stereocenters. The van der Waals surface area contributed by atoms with Crippen LogP contribution in [0, 0.1) is 0 Å². The zero-order chi connectivity index (χ0) is 17.5. The van der Waals surface area contributed by atoms with Crippen molar-refractivity contribution in [2.24, 2.45) is 0 Å². The van der Waals surface area contributed by atoms with Gasteiger partial charge in [0.15, 0.2) is 6.10 Å². The van der Waals surface area contributed by atoms with Gasteiger partial charge in [0.1, 0.15) is 0 Å². The van der Waals surface area contributed by atoms with Gasteiger partial charge >= 0.3 is 5.97 Å². The number of benzene rings is 2. The van der Waals surface area contributed by atoms with Crippen LogP contribution in [-0.4, -0.2) is 25.1 Å². The van der Waals surface area contributed by atoms with Crippen molar-refractivity contribution in [3.8, 4) is 0 Å². The molecule has 0 aliphatic heterocycles. The normalized spacial score (nSPS) is 11.6. The molecule has 0 bridgehead atoms. The molecule has 2 aromatic carbocycles. The third-order valence-electron chi connectivity index (χ3n) is 3.25. The van der Waals surface area contributed by atoms with E-state index in [1.54, 1.807) is 55.6 Å². The van der Waals surface area contributed by atoms with Gasteiger partial charge in [-0.25, -0.2) is 4.79 Å². The number of esters is 1. The number of carbonyl (C=O) groups excluding carboxylic acids is 2. The van der Waals surface area contributed by atoms with E-state index in [-0.39, 0.29) is 0 Å². The number of halogens is 1. The molecule has 1 N–H and O–H groups in total. The Balaban J connectivity index is 1.93. The maximum atomic E-state index is 12.1. The van der Waals surface area contributed by atoms with Gasteiger partial charge in [-0.2, -0.15) is 0 Å². The van der Waals surface area contributed by atoms with E-state index in [0.29, 0.717) is 22.9 Å². The van der Waals surface area contributed by atoms with Crippen molar-refractivity contribution in [2.45, 2.75) is 19.6 Å². The number of ether oxygens (including phenoxy) is 2. The third kappa shape index (κ3) is 5.08. The predicted molar refractivity (Wildman–Crippen MR) is 92.1 cm³/mol. The molecule has 0 heterocycles. The van der Waals surface area contributed by atoms with E-state index in [0.717, 1.165) is 5.56 Å². The Morgan fingerprint density at radius 2 is 1.88 bits per heavy atom. The number of methoxy groups -OCH3 is 1. The van der Waals surface area contributed by atoms with Crippen LogP contribution in [0.25, 0.3) is 0 Å². The second-order valence-corrected chi connectivity index (χ2v) is 5.61. The monoisotopic (exact) mass is 347 g/mol. The van der Waals surface area contributed by atoms with E-state index in [1.807, 2.05) is 0 Å². The van der Waals surface area contributed by atoms with Crippen LogP contribution in [0.15, 0.2) is 48.5 Å². The van der Waals surface area contributed by atoms with E-state index >= 15 is 0 Å². The number of rotatable bonds is 6. The fraction of sp³-hybridized carbons (Fsp3) is 0.222. The Bertz CT molecular complexity index is 715. The topological polar surface area (TPSA) is 64.6 Å². The lowest BCUT2D eigenvalue weighted by molar-refractivity contribution is -0.123. The van der Waals surface area contributed by atoms with Crippen molar-refractivity contribution >= 4 is 29.2 Å². The summed E-state index contributed by atoms with van der Waals surface area (Å²) in [6.45, 7) is 1.98. The molecule has 0 fully saturated rings. The van der Waals surface area contributed by atoms with Crippen molar-refractivity contribution in [3.05, 3.63) is 64.7 Å². The summed E-state index contributed by atoms with van der Waals surface area (Å²) in [6.07, 6.45) is -0.935. The number of hydrogen-bond donors (Lipinski definition) is 1. The predicted octanol–water partition coefficient (Wildman–Crippen LogP) is 3.67. The summed E-state index contributed by atoms with van der Waals surface area (Å²) < 4.78 is 10.2. The van der Waals surface area contributed by atoms with Crippen LogP contribution >= 0.6 is 11.6 Å². The molecule has 2 rings (SSSR count). The lowest BCUT2D eigenvalue weighted by Crippen LogP contribution is -2.30. The molecule has 0 spiro atoms. The van der Waals surface area contributed by atoms with Crippen LogP contribution in [0.1, 0.15) is 22.8 Å². The summed E-state index contributed by atoms with van der Waals surface area (Å²) in [5.41, 5.74) is 1.86. The fourth-order valence-corrected chi connectivity index (χ4v) is 2.19. The minimum Gasteiger partial charge on any atom is -0.449 e. The molecule has 5 nitrogen and oxygen atoms in total. The molecule has 0 aliphatic carbocycles. The van der Waals surface area contributed by atoms with Crippen molar-refractivity contribution in [2.75, 3.05) is 12.4 Å². The SMILES string of the molecule is COCc1ccc(C(=O)O[C@H](C)C(=O)Nc2cccc(Cl)c2)cc1. The molecule has 24 heavy (non-hydrogen) atoms. The third-order valence-corrected chi connectivity index (χ3v) is 3.48.